The molecule has 0 bridgehead atoms. The summed E-state index contributed by atoms with van der Waals surface area (Å²) in [5.41, 5.74) is 3.14. The summed E-state index contributed by atoms with van der Waals surface area (Å²) in [5.74, 6) is 0.893. The van der Waals surface area contributed by atoms with Crippen LogP contribution in [0.25, 0.3) is 0 Å². The van der Waals surface area contributed by atoms with Crippen molar-refractivity contribution in [1.29, 1.82) is 0 Å². The largest absolute Gasteiger partial charge is 0.272 e. The second-order valence-electron chi connectivity index (χ2n) is 8.55. The number of non-ortho nitro benzene ring substituents is 1. The lowest BCUT2D eigenvalue weighted by atomic mass is 10.1. The monoisotopic (exact) mass is 549 g/mol. The molecule has 0 aliphatic rings. The van der Waals surface area contributed by atoms with E-state index in [9.17, 15) is 14.9 Å². The van der Waals surface area contributed by atoms with Crippen molar-refractivity contribution in [2.45, 2.75) is 80.9 Å². The molecule has 0 heterocycles. The first kappa shape index (κ1) is 30.2. The summed E-state index contributed by atoms with van der Waals surface area (Å²) in [6.45, 7) is 2.24. The van der Waals surface area contributed by atoms with Gasteiger partial charge >= 0.3 is 0 Å². The lowest BCUT2D eigenvalue weighted by molar-refractivity contribution is -0.384. The standard InChI is InChI=1S/C27H36ClN3O3S2/c1-2-3-4-5-6-7-8-9-10-11-18-35-26-17-14-24(31(33)34)19-22(26)20-29-30-27(32)21-36-25-15-12-23(28)13-16-25/h12-17,19-20H,2-11,18,21H2,1H3,(H,30,32)/b29-20+. The van der Waals surface area contributed by atoms with Gasteiger partial charge in [0.1, 0.15) is 0 Å². The maximum Gasteiger partial charge on any atom is 0.270 e. The van der Waals surface area contributed by atoms with Gasteiger partial charge in [-0.15, -0.1) is 23.5 Å². The van der Waals surface area contributed by atoms with Gasteiger partial charge in [-0.25, -0.2) is 5.43 Å². The van der Waals surface area contributed by atoms with Crippen molar-refractivity contribution in [2.75, 3.05) is 11.5 Å². The molecule has 6 nitrogen and oxygen atoms in total. The zero-order valence-electron chi connectivity index (χ0n) is 20.9. The Morgan fingerprint density at radius 1 is 0.972 bits per heavy atom. The third-order valence-corrected chi connectivity index (χ3v) is 7.98. The topological polar surface area (TPSA) is 84.6 Å². The van der Waals surface area contributed by atoms with Crippen molar-refractivity contribution in [1.82, 2.24) is 5.43 Å². The molecule has 0 saturated heterocycles. The number of thioether (sulfide) groups is 2. The van der Waals surface area contributed by atoms with Crippen LogP contribution in [0, 0.1) is 10.1 Å². The van der Waals surface area contributed by atoms with E-state index in [1.165, 1.54) is 87.9 Å². The maximum atomic E-state index is 12.1. The van der Waals surface area contributed by atoms with E-state index in [0.717, 1.165) is 22.0 Å². The van der Waals surface area contributed by atoms with Gasteiger partial charge < -0.3 is 0 Å². The molecule has 0 radical (unpaired) electrons. The average Bonchev–Trinajstić information content (AvgIpc) is 2.87. The van der Waals surface area contributed by atoms with E-state index in [-0.39, 0.29) is 17.3 Å². The highest BCUT2D eigenvalue weighted by Crippen LogP contribution is 2.27. The van der Waals surface area contributed by atoms with E-state index >= 15 is 0 Å². The highest BCUT2D eigenvalue weighted by Gasteiger charge is 2.10. The van der Waals surface area contributed by atoms with Crippen LogP contribution in [0.15, 0.2) is 57.4 Å². The normalized spacial score (nSPS) is 11.2. The molecule has 0 aliphatic heterocycles. The fraction of sp³-hybridized carbons (Fsp3) is 0.481. The molecule has 2 aromatic carbocycles. The molecule has 0 aliphatic carbocycles. The SMILES string of the molecule is CCCCCCCCCCCCSc1ccc([N+](=O)[O-])cc1/C=N/NC(=O)CSc1ccc(Cl)cc1. The number of amides is 1. The zero-order chi connectivity index (χ0) is 26.0. The molecule has 0 saturated carbocycles. The first-order valence-electron chi connectivity index (χ1n) is 12.6. The predicted molar refractivity (Wildman–Crippen MR) is 154 cm³/mol. The number of nitrogens with zero attached hydrogens (tertiary/aromatic N) is 2. The Labute approximate surface area is 228 Å². The van der Waals surface area contributed by atoms with Crippen LogP contribution in [0.5, 0.6) is 0 Å². The van der Waals surface area contributed by atoms with E-state index in [4.69, 9.17) is 11.6 Å². The number of rotatable bonds is 18. The Hall–Kier alpha value is -2.03. The number of nitro benzene ring substituents is 1. The smallest absolute Gasteiger partial charge is 0.270 e. The molecule has 196 valence electrons. The van der Waals surface area contributed by atoms with Crippen molar-refractivity contribution in [2.24, 2.45) is 5.10 Å². The van der Waals surface area contributed by atoms with Crippen LogP contribution >= 0.6 is 35.1 Å². The number of carbonyl (C=O) groups excluding carboxylic acids is 1. The molecular formula is C27H36ClN3O3S2. The molecule has 2 aromatic rings. The fourth-order valence-corrected chi connectivity index (χ4v) is 5.37. The molecule has 1 amide bonds. The molecule has 0 aromatic heterocycles. The lowest BCUT2D eigenvalue weighted by Crippen LogP contribution is -2.19. The second kappa shape index (κ2) is 18.3. The molecule has 0 fully saturated rings. The Balaban J connectivity index is 1.76. The molecule has 0 atom stereocenters. The number of hydrogen-bond donors (Lipinski definition) is 1. The van der Waals surface area contributed by atoms with Crippen molar-refractivity contribution < 1.29 is 9.72 Å². The first-order valence-corrected chi connectivity index (χ1v) is 15.0. The maximum absolute atomic E-state index is 12.1. The quantitative estimate of drug-likeness (QED) is 0.0662. The van der Waals surface area contributed by atoms with Gasteiger partial charge in [0, 0.05) is 32.5 Å². The number of nitrogens with one attached hydrogen (secondary N) is 1. The minimum atomic E-state index is -0.421. The van der Waals surface area contributed by atoms with Crippen molar-refractivity contribution in [3.63, 3.8) is 0 Å². The van der Waals surface area contributed by atoms with Gasteiger partial charge in [-0.1, -0.05) is 76.3 Å². The summed E-state index contributed by atoms with van der Waals surface area (Å²) >= 11 is 8.93. The van der Waals surface area contributed by atoms with Gasteiger partial charge in [-0.05, 0) is 42.5 Å². The zero-order valence-corrected chi connectivity index (χ0v) is 23.3. The highest BCUT2D eigenvalue weighted by molar-refractivity contribution is 8.00. The number of hydrazone groups is 1. The molecule has 36 heavy (non-hydrogen) atoms. The third-order valence-electron chi connectivity index (χ3n) is 5.54. The van der Waals surface area contributed by atoms with Crippen LogP contribution in [-0.2, 0) is 4.79 Å². The Morgan fingerprint density at radius 3 is 2.25 bits per heavy atom. The summed E-state index contributed by atoms with van der Waals surface area (Å²) in [6, 6.07) is 12.0. The summed E-state index contributed by atoms with van der Waals surface area (Å²) in [4.78, 5) is 24.8. The number of hydrogen-bond acceptors (Lipinski definition) is 6. The fourth-order valence-electron chi connectivity index (χ4n) is 3.54. The molecule has 0 unspecified atom stereocenters. The van der Waals surface area contributed by atoms with Gasteiger partial charge in [0.2, 0.25) is 5.91 Å². The number of unbranched alkanes of at least 4 members (excludes halogenated alkanes) is 9. The molecule has 0 spiro atoms. The van der Waals surface area contributed by atoms with Gasteiger partial charge in [0.15, 0.2) is 0 Å². The van der Waals surface area contributed by atoms with E-state index < -0.39 is 4.92 Å². The first-order chi connectivity index (χ1) is 17.5. The van der Waals surface area contributed by atoms with E-state index in [1.54, 1.807) is 30.0 Å². The average molecular weight is 550 g/mol. The van der Waals surface area contributed by atoms with Crippen LogP contribution in [0.4, 0.5) is 5.69 Å². The van der Waals surface area contributed by atoms with Crippen LogP contribution < -0.4 is 5.43 Å². The summed E-state index contributed by atoms with van der Waals surface area (Å²) in [7, 11) is 0. The minimum Gasteiger partial charge on any atom is -0.272 e. The van der Waals surface area contributed by atoms with Gasteiger partial charge in [-0.2, -0.15) is 5.10 Å². The van der Waals surface area contributed by atoms with Gasteiger partial charge in [0.25, 0.3) is 5.69 Å². The van der Waals surface area contributed by atoms with Crippen LogP contribution in [0.2, 0.25) is 5.02 Å². The minimum absolute atomic E-state index is 0.00403. The second-order valence-corrected chi connectivity index (χ2v) is 11.2. The predicted octanol–water partition coefficient (Wildman–Crippen LogP) is 8.50. The summed E-state index contributed by atoms with van der Waals surface area (Å²) < 4.78 is 0. The Kier molecular flexibility index (Phi) is 15.3. The molecule has 2 rings (SSSR count). The number of carbonyl (C=O) groups is 1. The third kappa shape index (κ3) is 12.8. The molecular weight excluding hydrogens is 514 g/mol. The van der Waals surface area contributed by atoms with E-state index in [2.05, 4.69) is 17.5 Å². The molecule has 1 N–H and O–H groups in total. The lowest BCUT2D eigenvalue weighted by Gasteiger charge is -2.07. The molecule has 9 heteroatoms. The van der Waals surface area contributed by atoms with E-state index in [1.807, 2.05) is 12.1 Å². The Bertz CT molecular complexity index is 971. The summed E-state index contributed by atoms with van der Waals surface area (Å²) in [5, 5.41) is 15.9. The van der Waals surface area contributed by atoms with E-state index in [0.29, 0.717) is 10.6 Å². The van der Waals surface area contributed by atoms with Crippen molar-refractivity contribution >= 4 is 52.9 Å². The van der Waals surface area contributed by atoms with Crippen LogP contribution in [-0.4, -0.2) is 28.6 Å². The van der Waals surface area contributed by atoms with Crippen LogP contribution in [0.3, 0.4) is 0 Å². The number of halogens is 1. The van der Waals surface area contributed by atoms with Crippen LogP contribution in [0.1, 0.15) is 76.7 Å². The Morgan fingerprint density at radius 2 is 1.61 bits per heavy atom. The number of benzene rings is 2. The highest BCUT2D eigenvalue weighted by atomic mass is 35.5. The van der Waals surface area contributed by atoms with Crippen molar-refractivity contribution in [3.8, 4) is 0 Å². The van der Waals surface area contributed by atoms with Gasteiger partial charge in [0.05, 0.1) is 16.9 Å². The van der Waals surface area contributed by atoms with Crippen molar-refractivity contribution in [3.05, 3.63) is 63.2 Å². The van der Waals surface area contributed by atoms with Gasteiger partial charge in [-0.3, -0.25) is 14.9 Å². The summed E-state index contributed by atoms with van der Waals surface area (Å²) in [6.07, 6.45) is 14.4. The number of nitro groups is 1.